The van der Waals surface area contributed by atoms with Crippen LogP contribution in [0.2, 0.25) is 0 Å². The van der Waals surface area contributed by atoms with Crippen molar-refractivity contribution in [3.05, 3.63) is 17.7 Å². The molecule has 0 atom stereocenters. The summed E-state index contributed by atoms with van der Waals surface area (Å²) in [7, 11) is -5.39. The summed E-state index contributed by atoms with van der Waals surface area (Å²) in [5, 5.41) is 36.7. The van der Waals surface area contributed by atoms with Crippen LogP contribution in [0.5, 0.6) is 17.2 Å². The van der Waals surface area contributed by atoms with Gasteiger partial charge in [-0.05, 0) is 12.1 Å². The van der Waals surface area contributed by atoms with Crippen LogP contribution in [0.4, 0.5) is 0 Å². The topological polar surface area (TPSA) is 187 Å². The van der Waals surface area contributed by atoms with Crippen LogP contribution >= 0.6 is 7.82 Å². The average molecular weight is 323 g/mol. The Morgan fingerprint density at radius 1 is 1.06 bits per heavy atom. The Kier molecular flexibility index (Phi) is 7.62. The van der Waals surface area contributed by atoms with Crippen LogP contribution in [-0.2, 0) is 21.1 Å². The summed E-state index contributed by atoms with van der Waals surface area (Å²) in [4.78, 5) is 35.8. The van der Waals surface area contributed by atoms with E-state index in [1.54, 1.807) is 0 Å². The fraction of sp³-hybridized carbons (Fsp3) is 0. The van der Waals surface area contributed by atoms with Crippen molar-refractivity contribution in [3.63, 3.8) is 0 Å². The number of carboxylic acids is 1. The van der Waals surface area contributed by atoms with Crippen molar-refractivity contribution in [2.75, 3.05) is 0 Å². The van der Waals surface area contributed by atoms with Gasteiger partial charge < -0.3 is 44.5 Å². The van der Waals surface area contributed by atoms with Gasteiger partial charge in [-0.2, -0.15) is 7.82 Å². The number of phosphoric acid groups is 1. The molecule has 11 heteroatoms. The van der Waals surface area contributed by atoms with Crippen LogP contribution in [0, 0.1) is 0 Å². The smallest absolute Gasteiger partial charge is 0.822 e. The normalized spacial score (nSPS) is 9.72. The summed E-state index contributed by atoms with van der Waals surface area (Å²) in [6.45, 7) is 0. The Bertz CT molecular complexity index is 437. The first-order chi connectivity index (χ1) is 7.52. The number of carbonyl (C=O) groups excluding carboxylic acids is 1. The van der Waals surface area contributed by atoms with E-state index in [1.165, 1.54) is 0 Å². The molecule has 0 fully saturated rings. The van der Waals surface area contributed by atoms with Gasteiger partial charge in [-0.1, -0.05) is 0 Å². The minimum absolute atomic E-state index is 0. The van der Waals surface area contributed by atoms with Crippen LogP contribution < -0.4 is 19.8 Å². The van der Waals surface area contributed by atoms with Gasteiger partial charge in [0.2, 0.25) is 0 Å². The van der Waals surface area contributed by atoms with Gasteiger partial charge in [0.15, 0.2) is 17.2 Å². The molecule has 102 valence electrons. The van der Waals surface area contributed by atoms with Gasteiger partial charge in [0.25, 0.3) is 0 Å². The number of aromatic carboxylic acids is 1. The van der Waals surface area contributed by atoms with Gasteiger partial charge in [-0.3, -0.25) is 0 Å². The minimum atomic E-state index is -5.39. The van der Waals surface area contributed by atoms with E-state index in [2.05, 4.69) is 0 Å². The molecule has 1 aromatic rings. The van der Waals surface area contributed by atoms with Gasteiger partial charge in [0, 0.05) is 5.56 Å². The molecule has 3 N–H and O–H groups in total. The first kappa shape index (κ1) is 19.0. The van der Waals surface area contributed by atoms with E-state index in [1.807, 2.05) is 0 Å². The van der Waals surface area contributed by atoms with Crippen LogP contribution in [0.15, 0.2) is 12.1 Å². The first-order valence-corrected chi connectivity index (χ1v) is 5.17. The summed E-state index contributed by atoms with van der Waals surface area (Å²) < 4.78 is 8.55. The predicted octanol–water partition coefficient (Wildman–Crippen LogP) is -3.66. The van der Waals surface area contributed by atoms with Gasteiger partial charge in [-0.25, -0.2) is 0 Å². The van der Waals surface area contributed by atoms with Crippen LogP contribution in [0.25, 0.3) is 0 Å². The second-order valence-corrected chi connectivity index (χ2v) is 3.49. The maximum atomic E-state index is 10.2. The number of phenolic OH excluding ortho intramolecular Hbond substituents is 3. The maximum absolute atomic E-state index is 10.2. The molecule has 18 heavy (non-hydrogen) atoms. The van der Waals surface area contributed by atoms with Crippen molar-refractivity contribution < 1.29 is 61.0 Å². The number of benzene rings is 1. The van der Waals surface area contributed by atoms with Gasteiger partial charge in [-0.15, -0.1) is 0 Å². The first-order valence-electron chi connectivity index (χ1n) is 3.71. The Morgan fingerprint density at radius 3 is 1.56 bits per heavy atom. The molecule has 0 saturated heterocycles. The third-order valence-corrected chi connectivity index (χ3v) is 1.31. The van der Waals surface area contributed by atoms with Crippen molar-refractivity contribution in [1.29, 1.82) is 0 Å². The molecule has 0 unspecified atom stereocenters. The zero-order chi connectivity index (χ0) is 13.8. The number of aromatic hydroxyl groups is 3. The molecule has 0 aliphatic carbocycles. The quantitative estimate of drug-likeness (QED) is 0.266. The molecule has 1 aromatic carbocycles. The van der Waals surface area contributed by atoms with Crippen molar-refractivity contribution in [1.82, 2.24) is 0 Å². The number of hydrogen-bond donors (Lipinski definition) is 3. The Balaban J connectivity index is 0. The number of carbonyl (C=O) groups is 1. The van der Waals surface area contributed by atoms with E-state index in [9.17, 15) is 9.90 Å². The molecule has 0 aliphatic heterocycles. The van der Waals surface area contributed by atoms with E-state index in [4.69, 9.17) is 34.6 Å². The Hall–Kier alpha value is -1.31. The molecule has 0 aliphatic rings. The van der Waals surface area contributed by atoms with Crippen molar-refractivity contribution >= 4 is 13.8 Å². The van der Waals surface area contributed by atoms with E-state index >= 15 is 0 Å². The number of hydrogen-bond acceptors (Lipinski definition) is 9. The largest absolute Gasteiger partial charge is 4.00 e. The Morgan fingerprint density at radius 2 is 1.33 bits per heavy atom. The van der Waals surface area contributed by atoms with Gasteiger partial charge >= 0.3 is 16.5 Å². The van der Waals surface area contributed by atoms with Crippen molar-refractivity contribution in [2.45, 2.75) is 0 Å². The third-order valence-electron chi connectivity index (χ3n) is 1.31. The zero-order valence-electron chi connectivity index (χ0n) is 8.21. The number of phenols is 3. The molecule has 9 nitrogen and oxygen atoms in total. The van der Waals surface area contributed by atoms with Crippen LogP contribution in [-0.4, -0.2) is 21.3 Å². The number of carboxylic acid groups (broad SMARTS) is 1. The second-order valence-electron chi connectivity index (χ2n) is 2.60. The monoisotopic (exact) mass is 322 g/mol. The summed E-state index contributed by atoms with van der Waals surface area (Å²) in [5.41, 5.74) is -0.400. The fourth-order valence-corrected chi connectivity index (χ4v) is 0.722. The molecule has 0 aromatic heterocycles. The minimum Gasteiger partial charge on any atom is -0.822 e. The molecule has 0 heterocycles. The molecule has 0 bridgehead atoms. The Labute approximate surface area is 110 Å². The molecule has 0 saturated carbocycles. The SMILES string of the molecule is O=C([O-])c1cc(O)c(O)c(O)c1.O=P([O-])([O-])[O-].[Ni+4]. The summed E-state index contributed by atoms with van der Waals surface area (Å²) >= 11 is 0. The summed E-state index contributed by atoms with van der Waals surface area (Å²) in [6.07, 6.45) is 0. The zero-order valence-corrected chi connectivity index (χ0v) is 10.1. The summed E-state index contributed by atoms with van der Waals surface area (Å²) in [6, 6.07) is 1.56. The van der Waals surface area contributed by atoms with Gasteiger partial charge in [0.1, 0.15) is 0 Å². The van der Waals surface area contributed by atoms with Crippen molar-refractivity contribution in [2.24, 2.45) is 0 Å². The molecule has 0 amide bonds. The van der Waals surface area contributed by atoms with Crippen LogP contribution in [0.1, 0.15) is 10.4 Å². The standard InChI is InChI=1S/C7H6O5.Ni.H3O4P/c8-4-1-3(7(11)12)2-5(9)6(4)10;;1-5(2,3)4/h1-2,8-10H,(H,11,12);;(H3,1,2,3,4)/q;+4;/p-4. The molecular formula is C7H5NiO9P. The van der Waals surface area contributed by atoms with Crippen LogP contribution in [0.3, 0.4) is 0 Å². The predicted molar refractivity (Wildman–Crippen MR) is 43.4 cm³/mol. The second kappa shape index (κ2) is 7.20. The van der Waals surface area contributed by atoms with E-state index in [0.717, 1.165) is 12.1 Å². The summed E-state index contributed by atoms with van der Waals surface area (Å²) in [5.74, 6) is -3.69. The van der Waals surface area contributed by atoms with E-state index in [-0.39, 0.29) is 16.5 Å². The third kappa shape index (κ3) is 7.88. The molecular weight excluding hydrogens is 318 g/mol. The number of rotatable bonds is 1. The van der Waals surface area contributed by atoms with E-state index < -0.39 is 36.6 Å². The van der Waals surface area contributed by atoms with Crippen molar-refractivity contribution in [3.8, 4) is 17.2 Å². The molecule has 1 rings (SSSR count). The molecule has 0 spiro atoms. The van der Waals surface area contributed by atoms with E-state index in [0.29, 0.717) is 0 Å². The average Bonchev–Trinajstić information content (AvgIpc) is 2.10. The maximum Gasteiger partial charge on any atom is 4.00 e. The van der Waals surface area contributed by atoms with Gasteiger partial charge in [0.05, 0.1) is 5.97 Å². The fourth-order valence-electron chi connectivity index (χ4n) is 0.722. The molecule has 0 radical (unpaired) electrons.